The van der Waals surface area contributed by atoms with Crippen molar-refractivity contribution in [2.45, 2.75) is 89.4 Å². The van der Waals surface area contributed by atoms with E-state index in [1.54, 1.807) is 4.90 Å². The van der Waals surface area contributed by atoms with Crippen molar-refractivity contribution < 1.29 is 14.3 Å². The summed E-state index contributed by atoms with van der Waals surface area (Å²) in [6.07, 6.45) is 14.3. The minimum Gasteiger partial charge on any atom is -0.446 e. The lowest BCUT2D eigenvalue weighted by Crippen LogP contribution is -2.62. The molecule has 4 aliphatic rings. The van der Waals surface area contributed by atoms with Crippen LogP contribution in [0.1, 0.15) is 79.1 Å². The van der Waals surface area contributed by atoms with Crippen molar-refractivity contribution in [3.63, 3.8) is 0 Å². The lowest BCUT2D eigenvalue weighted by Gasteiger charge is -2.45. The van der Waals surface area contributed by atoms with E-state index in [4.69, 9.17) is 21.3 Å². The molecule has 1 aromatic carbocycles. The van der Waals surface area contributed by atoms with Gasteiger partial charge in [-0.3, -0.25) is 19.6 Å². The molecule has 9 nitrogen and oxygen atoms in total. The number of benzene rings is 1. The molecule has 2 aliphatic carbocycles. The summed E-state index contributed by atoms with van der Waals surface area (Å²) in [5.41, 5.74) is 5.64. The van der Waals surface area contributed by atoms with Gasteiger partial charge in [-0.1, -0.05) is 30.2 Å². The molecular formula is C36H45ClN6O3. The molecule has 2 aromatic heterocycles. The summed E-state index contributed by atoms with van der Waals surface area (Å²) in [5.74, 6) is 0.353. The van der Waals surface area contributed by atoms with Crippen molar-refractivity contribution in [2.24, 2.45) is 5.92 Å². The molecule has 1 unspecified atom stereocenters. The lowest BCUT2D eigenvalue weighted by molar-refractivity contribution is -0.141. The van der Waals surface area contributed by atoms with Gasteiger partial charge in [0.25, 0.3) is 0 Å². The SMILES string of the molecule is Cc1cn(CC2CCCN(C(=O)[C@H]3CN([C@H]4c5ccc(Cl)cc5CCc5cccnc54)CCN3C(=O)OC3CCCCC3)C2)cn1. The van der Waals surface area contributed by atoms with Crippen LogP contribution in [-0.2, 0) is 28.9 Å². The van der Waals surface area contributed by atoms with Gasteiger partial charge >= 0.3 is 6.09 Å². The first-order chi connectivity index (χ1) is 22.4. The van der Waals surface area contributed by atoms with Gasteiger partial charge in [0, 0.05) is 56.7 Å². The number of piperidine rings is 1. The van der Waals surface area contributed by atoms with Crippen LogP contribution in [0.2, 0.25) is 5.02 Å². The van der Waals surface area contributed by atoms with Gasteiger partial charge in [-0.15, -0.1) is 0 Å². The van der Waals surface area contributed by atoms with Crippen LogP contribution in [0.4, 0.5) is 4.79 Å². The van der Waals surface area contributed by atoms with Gasteiger partial charge in [0.05, 0.1) is 23.8 Å². The second kappa shape index (κ2) is 13.7. The Morgan fingerprint density at radius 2 is 1.80 bits per heavy atom. The average molecular weight is 645 g/mol. The first kappa shape index (κ1) is 31.2. The Labute approximate surface area is 276 Å². The van der Waals surface area contributed by atoms with Crippen molar-refractivity contribution in [3.8, 4) is 0 Å². The van der Waals surface area contributed by atoms with Gasteiger partial charge in [0.15, 0.2) is 0 Å². The number of carbonyl (C=O) groups excluding carboxylic acids is 2. The van der Waals surface area contributed by atoms with Crippen LogP contribution in [0.25, 0.3) is 0 Å². The Bertz CT molecular complexity index is 1550. The van der Waals surface area contributed by atoms with Gasteiger partial charge < -0.3 is 14.2 Å². The normalized spacial score (nSPS) is 24.2. The molecule has 2 saturated heterocycles. The smallest absolute Gasteiger partial charge is 0.410 e. The van der Waals surface area contributed by atoms with E-state index < -0.39 is 6.04 Å². The maximum absolute atomic E-state index is 14.6. The van der Waals surface area contributed by atoms with E-state index in [0.717, 1.165) is 74.3 Å². The van der Waals surface area contributed by atoms with Crippen LogP contribution < -0.4 is 0 Å². The number of likely N-dealkylation sites (tertiary alicyclic amines) is 1. The third-order valence-corrected chi connectivity index (χ3v) is 10.7. The minimum atomic E-state index is -0.634. The van der Waals surface area contributed by atoms with Crippen molar-refractivity contribution in [3.05, 3.63) is 82.2 Å². The third-order valence-electron chi connectivity index (χ3n) is 10.4. The van der Waals surface area contributed by atoms with E-state index >= 15 is 0 Å². The largest absolute Gasteiger partial charge is 0.446 e. The van der Waals surface area contributed by atoms with E-state index in [1.807, 2.05) is 36.5 Å². The topological polar surface area (TPSA) is 83.8 Å². The predicted molar refractivity (Wildman–Crippen MR) is 177 cm³/mol. The molecular weight excluding hydrogens is 600 g/mol. The predicted octanol–water partition coefficient (Wildman–Crippen LogP) is 5.82. The second-order valence-electron chi connectivity index (χ2n) is 13.6. The molecule has 2 amide bonds. The number of fused-ring (bicyclic) bond motifs is 2. The Morgan fingerprint density at radius 1 is 0.957 bits per heavy atom. The van der Waals surface area contributed by atoms with Crippen LogP contribution in [-0.4, -0.2) is 86.1 Å². The molecule has 0 N–H and O–H groups in total. The molecule has 7 rings (SSSR count). The third kappa shape index (κ3) is 6.67. The highest BCUT2D eigenvalue weighted by Gasteiger charge is 2.43. The first-order valence-electron chi connectivity index (χ1n) is 17.1. The summed E-state index contributed by atoms with van der Waals surface area (Å²) in [4.78, 5) is 43.8. The maximum atomic E-state index is 14.6. The van der Waals surface area contributed by atoms with Crippen LogP contribution in [0.15, 0.2) is 49.1 Å². The molecule has 1 saturated carbocycles. The highest BCUT2D eigenvalue weighted by Crippen LogP contribution is 2.38. The first-order valence-corrected chi connectivity index (χ1v) is 17.5. The van der Waals surface area contributed by atoms with Gasteiger partial charge in [0.2, 0.25) is 5.91 Å². The number of aryl methyl sites for hydroxylation is 3. The fraction of sp³-hybridized carbons (Fsp3) is 0.556. The van der Waals surface area contributed by atoms with E-state index in [1.165, 1.54) is 23.1 Å². The average Bonchev–Trinajstić information content (AvgIpc) is 3.41. The Kier molecular flexibility index (Phi) is 9.31. The Morgan fingerprint density at radius 3 is 2.63 bits per heavy atom. The molecule has 3 aromatic rings. The van der Waals surface area contributed by atoms with Gasteiger partial charge in [-0.05, 0) is 99.1 Å². The summed E-state index contributed by atoms with van der Waals surface area (Å²) < 4.78 is 8.22. The molecule has 46 heavy (non-hydrogen) atoms. The maximum Gasteiger partial charge on any atom is 0.410 e. The van der Waals surface area contributed by atoms with Crippen molar-refractivity contribution in [1.29, 1.82) is 0 Å². The van der Waals surface area contributed by atoms with E-state index in [0.29, 0.717) is 38.6 Å². The van der Waals surface area contributed by atoms with Crippen molar-refractivity contribution >= 4 is 23.6 Å². The highest BCUT2D eigenvalue weighted by molar-refractivity contribution is 6.30. The fourth-order valence-corrected chi connectivity index (χ4v) is 8.30. The minimum absolute atomic E-state index is 0.0167. The molecule has 10 heteroatoms. The number of carbonyl (C=O) groups is 2. The number of rotatable bonds is 5. The molecule has 4 heterocycles. The number of amides is 2. The number of aromatic nitrogens is 3. The number of pyridine rings is 1. The van der Waals surface area contributed by atoms with Crippen LogP contribution in [0.5, 0.6) is 0 Å². The monoisotopic (exact) mass is 644 g/mol. The number of nitrogens with zero attached hydrogens (tertiary/aromatic N) is 6. The second-order valence-corrected chi connectivity index (χ2v) is 14.1. The summed E-state index contributed by atoms with van der Waals surface area (Å²) in [6, 6.07) is 9.56. The molecule has 0 spiro atoms. The summed E-state index contributed by atoms with van der Waals surface area (Å²) >= 11 is 6.48. The molecule has 2 aliphatic heterocycles. The standard InChI is InChI=1S/C36H45ClN6O3/c1-25-20-40(24-39-25)21-26-7-6-16-42(22-26)35(44)32-23-41(17-18-43(32)36(45)46-30-9-3-2-4-10-30)34-31-14-13-29(37)19-28(31)12-11-27-8-5-15-38-33(27)34/h5,8,13-15,19-20,24,26,30,32,34H,2-4,6-7,9-12,16-18,21-23H2,1H3/t26?,32-,34+/m1/s1. The summed E-state index contributed by atoms with van der Waals surface area (Å²) in [5, 5.41) is 0.727. The molecule has 244 valence electrons. The van der Waals surface area contributed by atoms with Crippen LogP contribution >= 0.6 is 11.6 Å². The van der Waals surface area contributed by atoms with E-state index in [2.05, 4.69) is 38.8 Å². The number of piperazine rings is 1. The zero-order valence-corrected chi connectivity index (χ0v) is 27.6. The van der Waals surface area contributed by atoms with Gasteiger partial charge in [-0.25, -0.2) is 9.78 Å². The molecule has 0 radical (unpaired) electrons. The summed E-state index contributed by atoms with van der Waals surface area (Å²) in [7, 11) is 0. The number of hydrogen-bond donors (Lipinski definition) is 0. The molecule has 0 bridgehead atoms. The lowest BCUT2D eigenvalue weighted by atomic mass is 9.94. The zero-order chi connectivity index (χ0) is 31.6. The van der Waals surface area contributed by atoms with E-state index in [9.17, 15) is 9.59 Å². The molecule has 3 fully saturated rings. The van der Waals surface area contributed by atoms with Gasteiger partial charge in [0.1, 0.15) is 12.1 Å². The van der Waals surface area contributed by atoms with Crippen molar-refractivity contribution in [1.82, 2.24) is 29.2 Å². The zero-order valence-electron chi connectivity index (χ0n) is 26.8. The Balaban J connectivity index is 1.17. The number of imidazole rings is 1. The van der Waals surface area contributed by atoms with Crippen LogP contribution in [0.3, 0.4) is 0 Å². The van der Waals surface area contributed by atoms with E-state index in [-0.39, 0.29) is 24.1 Å². The number of hydrogen-bond acceptors (Lipinski definition) is 6. The number of halogens is 1. The number of ether oxygens (including phenoxy) is 1. The molecule has 3 atom stereocenters. The summed E-state index contributed by atoms with van der Waals surface area (Å²) in [6.45, 7) is 5.67. The fourth-order valence-electron chi connectivity index (χ4n) is 8.11. The highest BCUT2D eigenvalue weighted by atomic mass is 35.5. The Hall–Kier alpha value is -3.43. The quantitative estimate of drug-likeness (QED) is 0.348. The van der Waals surface area contributed by atoms with Crippen LogP contribution in [0, 0.1) is 12.8 Å². The van der Waals surface area contributed by atoms with Gasteiger partial charge in [-0.2, -0.15) is 0 Å². The van der Waals surface area contributed by atoms with Crippen molar-refractivity contribution in [2.75, 3.05) is 32.7 Å².